The average molecular weight is 204 g/mol. The van der Waals surface area contributed by atoms with Crippen molar-refractivity contribution in [2.24, 2.45) is 5.92 Å². The standard InChI is InChI=1S/C14H20O/c1-3-12(2)11-14(15)10-9-13-7-5-4-6-8-13/h3-8,12,14-15H,1,9-11H2,2H3/t12-,14+/m0/s1. The van der Waals surface area contributed by atoms with Crippen molar-refractivity contribution < 1.29 is 5.11 Å². The summed E-state index contributed by atoms with van der Waals surface area (Å²) in [5.41, 5.74) is 1.29. The van der Waals surface area contributed by atoms with E-state index in [1.54, 1.807) is 0 Å². The second kappa shape index (κ2) is 6.41. The molecule has 82 valence electrons. The normalized spacial score (nSPS) is 14.5. The Morgan fingerprint density at radius 2 is 2.00 bits per heavy atom. The van der Waals surface area contributed by atoms with Crippen LogP contribution in [-0.4, -0.2) is 11.2 Å². The highest BCUT2D eigenvalue weighted by atomic mass is 16.3. The highest BCUT2D eigenvalue weighted by Gasteiger charge is 2.07. The first-order valence-electron chi connectivity index (χ1n) is 5.57. The zero-order chi connectivity index (χ0) is 11.1. The van der Waals surface area contributed by atoms with Crippen LogP contribution in [0, 0.1) is 5.92 Å². The first-order chi connectivity index (χ1) is 7.22. The first kappa shape index (κ1) is 12.0. The van der Waals surface area contributed by atoms with Crippen molar-refractivity contribution in [3.63, 3.8) is 0 Å². The third kappa shape index (κ3) is 4.80. The zero-order valence-corrected chi connectivity index (χ0v) is 9.39. The van der Waals surface area contributed by atoms with E-state index in [2.05, 4.69) is 25.6 Å². The Morgan fingerprint density at radius 3 is 2.60 bits per heavy atom. The van der Waals surface area contributed by atoms with Gasteiger partial charge in [-0.25, -0.2) is 0 Å². The molecule has 0 bridgehead atoms. The molecule has 0 amide bonds. The molecule has 0 fully saturated rings. The van der Waals surface area contributed by atoms with Crippen LogP contribution in [0.2, 0.25) is 0 Å². The summed E-state index contributed by atoms with van der Waals surface area (Å²) in [6, 6.07) is 10.3. The predicted octanol–water partition coefficient (Wildman–Crippen LogP) is 3.19. The molecule has 1 nitrogen and oxygen atoms in total. The zero-order valence-electron chi connectivity index (χ0n) is 9.39. The van der Waals surface area contributed by atoms with E-state index in [-0.39, 0.29) is 6.10 Å². The minimum atomic E-state index is -0.210. The summed E-state index contributed by atoms with van der Waals surface area (Å²) in [4.78, 5) is 0. The summed E-state index contributed by atoms with van der Waals surface area (Å²) in [6.07, 6.45) is 4.29. The van der Waals surface area contributed by atoms with Crippen molar-refractivity contribution in [2.75, 3.05) is 0 Å². The predicted molar refractivity (Wildman–Crippen MR) is 64.7 cm³/mol. The molecule has 0 aliphatic heterocycles. The molecular weight excluding hydrogens is 184 g/mol. The maximum Gasteiger partial charge on any atom is 0.0549 e. The maximum atomic E-state index is 9.76. The highest BCUT2D eigenvalue weighted by molar-refractivity contribution is 5.14. The number of allylic oxidation sites excluding steroid dienone is 1. The lowest BCUT2D eigenvalue weighted by Crippen LogP contribution is -2.11. The van der Waals surface area contributed by atoms with Gasteiger partial charge in [-0.05, 0) is 30.7 Å². The fraction of sp³-hybridized carbons (Fsp3) is 0.429. The number of rotatable bonds is 6. The molecule has 0 aromatic heterocycles. The summed E-state index contributed by atoms with van der Waals surface area (Å²) in [7, 11) is 0. The molecule has 0 heterocycles. The number of hydrogen-bond acceptors (Lipinski definition) is 1. The molecule has 0 aliphatic carbocycles. The Kier molecular flexibility index (Phi) is 5.13. The molecule has 0 unspecified atom stereocenters. The van der Waals surface area contributed by atoms with E-state index in [1.807, 2.05) is 24.3 Å². The highest BCUT2D eigenvalue weighted by Crippen LogP contribution is 2.12. The smallest absolute Gasteiger partial charge is 0.0549 e. The lowest BCUT2D eigenvalue weighted by molar-refractivity contribution is 0.144. The molecule has 0 radical (unpaired) electrons. The Hall–Kier alpha value is -1.08. The van der Waals surface area contributed by atoms with Gasteiger partial charge in [0.1, 0.15) is 0 Å². The van der Waals surface area contributed by atoms with Crippen LogP contribution in [0.3, 0.4) is 0 Å². The average Bonchev–Trinajstić information content (AvgIpc) is 2.27. The Balaban J connectivity index is 2.28. The summed E-state index contributed by atoms with van der Waals surface area (Å²) in [6.45, 7) is 5.80. The van der Waals surface area contributed by atoms with E-state index in [4.69, 9.17) is 0 Å². The van der Waals surface area contributed by atoms with E-state index in [0.29, 0.717) is 5.92 Å². The monoisotopic (exact) mass is 204 g/mol. The van der Waals surface area contributed by atoms with E-state index in [1.165, 1.54) is 5.56 Å². The van der Waals surface area contributed by atoms with Crippen LogP contribution >= 0.6 is 0 Å². The van der Waals surface area contributed by atoms with Crippen molar-refractivity contribution >= 4 is 0 Å². The van der Waals surface area contributed by atoms with Crippen LogP contribution in [0.1, 0.15) is 25.3 Å². The fourth-order valence-corrected chi connectivity index (χ4v) is 1.62. The Morgan fingerprint density at radius 1 is 1.33 bits per heavy atom. The minimum absolute atomic E-state index is 0.210. The van der Waals surface area contributed by atoms with Gasteiger partial charge >= 0.3 is 0 Å². The van der Waals surface area contributed by atoms with Crippen molar-refractivity contribution in [3.8, 4) is 0 Å². The van der Waals surface area contributed by atoms with Gasteiger partial charge in [-0.2, -0.15) is 0 Å². The van der Waals surface area contributed by atoms with Crippen LogP contribution in [0.25, 0.3) is 0 Å². The maximum absolute atomic E-state index is 9.76. The Labute approximate surface area is 92.5 Å². The largest absolute Gasteiger partial charge is 0.393 e. The second-order valence-electron chi connectivity index (χ2n) is 4.13. The van der Waals surface area contributed by atoms with Gasteiger partial charge in [-0.15, -0.1) is 6.58 Å². The van der Waals surface area contributed by atoms with Crippen LogP contribution in [0.4, 0.5) is 0 Å². The summed E-state index contributed by atoms with van der Waals surface area (Å²) >= 11 is 0. The van der Waals surface area contributed by atoms with Crippen molar-refractivity contribution in [2.45, 2.75) is 32.3 Å². The second-order valence-corrected chi connectivity index (χ2v) is 4.13. The molecule has 1 aromatic rings. The third-order valence-electron chi connectivity index (χ3n) is 2.66. The van der Waals surface area contributed by atoms with Crippen LogP contribution < -0.4 is 0 Å². The van der Waals surface area contributed by atoms with Gasteiger partial charge in [-0.3, -0.25) is 0 Å². The summed E-state index contributed by atoms with van der Waals surface area (Å²) in [5.74, 6) is 0.399. The molecule has 0 saturated carbocycles. The number of aliphatic hydroxyl groups excluding tert-OH is 1. The van der Waals surface area contributed by atoms with E-state index in [0.717, 1.165) is 19.3 Å². The van der Waals surface area contributed by atoms with E-state index >= 15 is 0 Å². The van der Waals surface area contributed by atoms with Crippen LogP contribution in [0.15, 0.2) is 43.0 Å². The van der Waals surface area contributed by atoms with Gasteiger partial charge in [0, 0.05) is 0 Å². The number of benzene rings is 1. The fourth-order valence-electron chi connectivity index (χ4n) is 1.62. The molecule has 0 spiro atoms. The molecule has 2 atom stereocenters. The van der Waals surface area contributed by atoms with Gasteiger partial charge in [0.25, 0.3) is 0 Å². The van der Waals surface area contributed by atoms with Gasteiger partial charge < -0.3 is 5.11 Å². The van der Waals surface area contributed by atoms with Crippen molar-refractivity contribution in [3.05, 3.63) is 48.6 Å². The molecule has 1 heteroatoms. The summed E-state index contributed by atoms with van der Waals surface area (Å²) < 4.78 is 0. The number of aliphatic hydroxyl groups is 1. The molecule has 15 heavy (non-hydrogen) atoms. The number of aryl methyl sites for hydroxylation is 1. The molecule has 0 saturated heterocycles. The van der Waals surface area contributed by atoms with E-state index in [9.17, 15) is 5.11 Å². The minimum Gasteiger partial charge on any atom is -0.393 e. The Bertz CT molecular complexity index is 279. The summed E-state index contributed by atoms with van der Waals surface area (Å²) in [5, 5.41) is 9.76. The molecular formula is C14H20O. The molecule has 1 N–H and O–H groups in total. The van der Waals surface area contributed by atoms with Crippen molar-refractivity contribution in [1.82, 2.24) is 0 Å². The van der Waals surface area contributed by atoms with Gasteiger partial charge in [0.05, 0.1) is 6.10 Å². The third-order valence-corrected chi connectivity index (χ3v) is 2.66. The topological polar surface area (TPSA) is 20.2 Å². The van der Waals surface area contributed by atoms with Crippen LogP contribution in [0.5, 0.6) is 0 Å². The SMILES string of the molecule is C=C[C@H](C)C[C@H](O)CCc1ccccc1. The first-order valence-corrected chi connectivity index (χ1v) is 5.57. The van der Waals surface area contributed by atoms with Crippen molar-refractivity contribution in [1.29, 1.82) is 0 Å². The van der Waals surface area contributed by atoms with Gasteiger partial charge in [0.15, 0.2) is 0 Å². The number of hydrogen-bond donors (Lipinski definition) is 1. The lowest BCUT2D eigenvalue weighted by Gasteiger charge is -2.13. The molecule has 0 aliphatic rings. The van der Waals surface area contributed by atoms with Gasteiger partial charge in [-0.1, -0.05) is 43.3 Å². The lowest BCUT2D eigenvalue weighted by atomic mass is 9.99. The quantitative estimate of drug-likeness (QED) is 0.705. The van der Waals surface area contributed by atoms with E-state index < -0.39 is 0 Å². The molecule has 1 rings (SSSR count). The molecule has 1 aromatic carbocycles. The van der Waals surface area contributed by atoms with Crippen LogP contribution in [-0.2, 0) is 6.42 Å². The van der Waals surface area contributed by atoms with Gasteiger partial charge in [0.2, 0.25) is 0 Å².